The number of carbonyl (C=O) groups excluding carboxylic acids is 2. The van der Waals surface area contributed by atoms with Crippen LogP contribution in [0.25, 0.3) is 6.08 Å². The fourth-order valence-electron chi connectivity index (χ4n) is 3.00. The molecule has 0 saturated carbocycles. The normalized spacial score (nSPS) is 17.9. The summed E-state index contributed by atoms with van der Waals surface area (Å²) in [6.07, 6.45) is 3.66. The molecule has 0 radical (unpaired) electrons. The maximum absolute atomic E-state index is 12.3. The summed E-state index contributed by atoms with van der Waals surface area (Å²) in [4.78, 5) is 24.1. The Kier molecular flexibility index (Phi) is 3.87. The van der Waals surface area contributed by atoms with Gasteiger partial charge in [-0.25, -0.2) is 0 Å². The lowest BCUT2D eigenvalue weighted by Crippen LogP contribution is -2.28. The molecule has 1 aromatic heterocycles. The van der Waals surface area contributed by atoms with Gasteiger partial charge in [-0.3, -0.25) is 14.3 Å². The van der Waals surface area contributed by atoms with Crippen molar-refractivity contribution in [3.05, 3.63) is 35.4 Å². The SMILES string of the molecule is CC1Cc2c(NC(=O)/C=C/c3ccc4c(c3)OCO4)nn(C)c2NC1=O. The van der Waals surface area contributed by atoms with Crippen LogP contribution in [0, 0.1) is 5.92 Å². The number of benzene rings is 1. The van der Waals surface area contributed by atoms with Gasteiger partial charge in [0, 0.05) is 24.6 Å². The summed E-state index contributed by atoms with van der Waals surface area (Å²) in [5.74, 6) is 1.96. The highest BCUT2D eigenvalue weighted by atomic mass is 16.7. The molecule has 0 fully saturated rings. The number of nitrogens with zero attached hydrogens (tertiary/aromatic N) is 2. The Bertz CT molecular complexity index is 932. The molecule has 4 rings (SSSR count). The molecule has 1 atom stereocenters. The van der Waals surface area contributed by atoms with Crippen molar-refractivity contribution in [1.82, 2.24) is 9.78 Å². The predicted octanol–water partition coefficient (Wildman–Crippen LogP) is 1.93. The molecular formula is C18H18N4O4. The van der Waals surface area contributed by atoms with Crippen LogP contribution in [0.3, 0.4) is 0 Å². The lowest BCUT2D eigenvalue weighted by atomic mass is 9.98. The van der Waals surface area contributed by atoms with Gasteiger partial charge in [0.2, 0.25) is 18.6 Å². The highest BCUT2D eigenvalue weighted by molar-refractivity contribution is 6.03. The molecule has 2 amide bonds. The summed E-state index contributed by atoms with van der Waals surface area (Å²) in [5.41, 5.74) is 1.66. The number of carbonyl (C=O) groups is 2. The monoisotopic (exact) mass is 354 g/mol. The standard InChI is InChI=1S/C18H18N4O4/c1-10-7-12-16(21-22(2)17(12)20-18(10)24)19-15(23)6-4-11-3-5-13-14(8-11)26-9-25-13/h3-6,8,10H,7,9H2,1-2H3,(H,20,24)(H,19,21,23)/b6-4+. The maximum atomic E-state index is 12.3. The highest BCUT2D eigenvalue weighted by Gasteiger charge is 2.28. The van der Waals surface area contributed by atoms with E-state index in [1.165, 1.54) is 6.08 Å². The second-order valence-corrected chi connectivity index (χ2v) is 6.33. The summed E-state index contributed by atoms with van der Waals surface area (Å²) in [6.45, 7) is 2.05. The van der Waals surface area contributed by atoms with E-state index in [0.717, 1.165) is 11.1 Å². The predicted molar refractivity (Wildman–Crippen MR) is 94.9 cm³/mol. The van der Waals surface area contributed by atoms with Gasteiger partial charge in [0.1, 0.15) is 5.82 Å². The van der Waals surface area contributed by atoms with Crippen LogP contribution in [0.5, 0.6) is 11.5 Å². The Morgan fingerprint density at radius 3 is 3.04 bits per heavy atom. The van der Waals surface area contributed by atoms with Crippen molar-refractivity contribution < 1.29 is 19.1 Å². The Balaban J connectivity index is 1.49. The number of fused-ring (bicyclic) bond motifs is 2. The van der Waals surface area contributed by atoms with Crippen LogP contribution < -0.4 is 20.1 Å². The van der Waals surface area contributed by atoms with E-state index < -0.39 is 0 Å². The molecule has 2 aliphatic heterocycles. The van der Waals surface area contributed by atoms with Gasteiger partial charge in [0.25, 0.3) is 0 Å². The Hall–Kier alpha value is -3.29. The molecule has 26 heavy (non-hydrogen) atoms. The first-order valence-electron chi connectivity index (χ1n) is 8.26. The van der Waals surface area contributed by atoms with Crippen molar-refractivity contribution in [2.24, 2.45) is 13.0 Å². The summed E-state index contributed by atoms with van der Waals surface area (Å²) in [7, 11) is 1.73. The summed E-state index contributed by atoms with van der Waals surface area (Å²) < 4.78 is 12.2. The number of anilines is 2. The zero-order chi connectivity index (χ0) is 18.3. The van der Waals surface area contributed by atoms with Gasteiger partial charge in [-0.2, -0.15) is 5.10 Å². The third-order valence-electron chi connectivity index (χ3n) is 4.41. The molecule has 0 saturated heterocycles. The Labute approximate surface area is 149 Å². The van der Waals surface area contributed by atoms with E-state index in [2.05, 4.69) is 15.7 Å². The molecule has 2 N–H and O–H groups in total. The molecule has 0 spiro atoms. The lowest BCUT2D eigenvalue weighted by molar-refractivity contribution is -0.119. The molecule has 2 aliphatic rings. The van der Waals surface area contributed by atoms with E-state index in [1.54, 1.807) is 23.9 Å². The first-order chi connectivity index (χ1) is 12.5. The van der Waals surface area contributed by atoms with Crippen LogP contribution in [-0.2, 0) is 23.1 Å². The maximum Gasteiger partial charge on any atom is 0.249 e. The fraction of sp³-hybridized carbons (Fsp3) is 0.278. The van der Waals surface area contributed by atoms with Gasteiger partial charge in [0.05, 0.1) is 0 Å². The highest BCUT2D eigenvalue weighted by Crippen LogP contribution is 2.33. The van der Waals surface area contributed by atoms with Crippen molar-refractivity contribution >= 4 is 29.5 Å². The molecule has 1 aromatic carbocycles. The Morgan fingerprint density at radius 1 is 1.38 bits per heavy atom. The van der Waals surface area contributed by atoms with Gasteiger partial charge in [-0.1, -0.05) is 13.0 Å². The minimum Gasteiger partial charge on any atom is -0.454 e. The van der Waals surface area contributed by atoms with E-state index >= 15 is 0 Å². The van der Waals surface area contributed by atoms with Crippen LogP contribution in [-0.4, -0.2) is 28.4 Å². The number of ether oxygens (including phenoxy) is 2. The molecule has 8 heteroatoms. The minimum atomic E-state index is -0.298. The number of aromatic nitrogens is 2. The number of nitrogens with one attached hydrogen (secondary N) is 2. The third-order valence-corrected chi connectivity index (χ3v) is 4.41. The van der Waals surface area contributed by atoms with Crippen molar-refractivity contribution in [2.45, 2.75) is 13.3 Å². The molecule has 0 aliphatic carbocycles. The van der Waals surface area contributed by atoms with Gasteiger partial charge >= 0.3 is 0 Å². The molecular weight excluding hydrogens is 336 g/mol. The van der Waals surface area contributed by atoms with Crippen molar-refractivity contribution in [2.75, 3.05) is 17.4 Å². The fourth-order valence-corrected chi connectivity index (χ4v) is 3.00. The summed E-state index contributed by atoms with van der Waals surface area (Å²) >= 11 is 0. The average Bonchev–Trinajstić information content (AvgIpc) is 3.19. The molecule has 1 unspecified atom stereocenters. The van der Waals surface area contributed by atoms with Crippen LogP contribution in [0.2, 0.25) is 0 Å². The second-order valence-electron chi connectivity index (χ2n) is 6.33. The largest absolute Gasteiger partial charge is 0.454 e. The third kappa shape index (κ3) is 2.90. The van der Waals surface area contributed by atoms with E-state index in [9.17, 15) is 9.59 Å². The minimum absolute atomic E-state index is 0.0407. The molecule has 8 nitrogen and oxygen atoms in total. The number of amides is 2. The van der Waals surface area contributed by atoms with Crippen LogP contribution in [0.15, 0.2) is 24.3 Å². The zero-order valence-corrected chi connectivity index (χ0v) is 14.4. The Morgan fingerprint density at radius 2 is 2.19 bits per heavy atom. The van der Waals surface area contributed by atoms with E-state index in [4.69, 9.17) is 9.47 Å². The molecule has 134 valence electrons. The van der Waals surface area contributed by atoms with Crippen molar-refractivity contribution in [1.29, 1.82) is 0 Å². The lowest BCUT2D eigenvalue weighted by Gasteiger charge is -2.19. The topological polar surface area (TPSA) is 94.5 Å². The van der Waals surface area contributed by atoms with E-state index in [1.807, 2.05) is 19.1 Å². The summed E-state index contributed by atoms with van der Waals surface area (Å²) in [6, 6.07) is 5.46. The molecule has 2 aromatic rings. The number of rotatable bonds is 3. The van der Waals surface area contributed by atoms with Crippen molar-refractivity contribution in [3.8, 4) is 11.5 Å². The van der Waals surface area contributed by atoms with E-state index in [0.29, 0.717) is 29.6 Å². The first-order valence-corrected chi connectivity index (χ1v) is 8.26. The smallest absolute Gasteiger partial charge is 0.249 e. The van der Waals surface area contributed by atoms with E-state index in [-0.39, 0.29) is 24.5 Å². The second kappa shape index (κ2) is 6.21. The number of hydrogen-bond acceptors (Lipinski definition) is 5. The zero-order valence-electron chi connectivity index (χ0n) is 14.4. The number of hydrogen-bond donors (Lipinski definition) is 2. The van der Waals surface area contributed by atoms with Gasteiger partial charge in [-0.15, -0.1) is 0 Å². The van der Waals surface area contributed by atoms with Gasteiger partial charge < -0.3 is 20.1 Å². The van der Waals surface area contributed by atoms with Gasteiger partial charge in [0.15, 0.2) is 17.3 Å². The van der Waals surface area contributed by atoms with Gasteiger partial charge in [-0.05, 0) is 30.2 Å². The van der Waals surface area contributed by atoms with Crippen LogP contribution >= 0.6 is 0 Å². The number of aryl methyl sites for hydroxylation is 1. The molecule has 0 bridgehead atoms. The van der Waals surface area contributed by atoms with Crippen molar-refractivity contribution in [3.63, 3.8) is 0 Å². The average molecular weight is 354 g/mol. The molecule has 3 heterocycles. The van der Waals surface area contributed by atoms with Crippen LogP contribution in [0.1, 0.15) is 18.1 Å². The summed E-state index contributed by atoms with van der Waals surface area (Å²) in [5, 5.41) is 9.91. The quantitative estimate of drug-likeness (QED) is 0.822. The van der Waals surface area contributed by atoms with Crippen LogP contribution in [0.4, 0.5) is 11.6 Å². The first kappa shape index (κ1) is 16.2.